The summed E-state index contributed by atoms with van der Waals surface area (Å²) in [7, 11) is 0. The van der Waals surface area contributed by atoms with Gasteiger partial charge >= 0.3 is 0 Å². The molecule has 1 heterocycles. The summed E-state index contributed by atoms with van der Waals surface area (Å²) in [5.41, 5.74) is 2.66. The van der Waals surface area contributed by atoms with Crippen molar-refractivity contribution in [2.45, 2.75) is 13.0 Å². The minimum Gasteiger partial charge on any atom is -0.297 e. The monoisotopic (exact) mass is 340 g/mol. The molecule has 2 nitrogen and oxygen atoms in total. The van der Waals surface area contributed by atoms with Gasteiger partial charge in [0.05, 0.1) is 6.04 Å². The molecule has 1 aliphatic heterocycles. The summed E-state index contributed by atoms with van der Waals surface area (Å²) in [4.78, 5) is 5.10. The zero-order chi connectivity index (χ0) is 16.8. The lowest BCUT2D eigenvalue weighted by Crippen LogP contribution is -2.47. The Morgan fingerprint density at radius 3 is 2.17 bits per heavy atom. The van der Waals surface area contributed by atoms with E-state index in [1.807, 2.05) is 12.1 Å². The number of nitrogens with zero attached hydrogens (tertiary/aromatic N) is 2. The molecule has 2 aromatic carbocycles. The molecule has 0 spiro atoms. The third-order valence-corrected chi connectivity index (χ3v) is 4.92. The van der Waals surface area contributed by atoms with E-state index < -0.39 is 0 Å². The Labute approximate surface area is 150 Å². The highest BCUT2D eigenvalue weighted by atomic mass is 35.5. The molecule has 1 atom stereocenters. The molecule has 1 fully saturated rings. The third-order valence-electron chi connectivity index (χ3n) is 4.67. The molecule has 0 amide bonds. The Hall–Kier alpha value is -1.61. The third kappa shape index (κ3) is 4.27. The Morgan fingerprint density at radius 1 is 0.917 bits per heavy atom. The predicted molar refractivity (Wildman–Crippen MR) is 103 cm³/mol. The predicted octanol–water partition coefficient (Wildman–Crippen LogP) is 4.62. The fourth-order valence-corrected chi connectivity index (χ4v) is 3.48. The molecule has 1 unspecified atom stereocenters. The molecular formula is C21H25ClN2. The van der Waals surface area contributed by atoms with E-state index in [2.05, 4.69) is 71.3 Å². The lowest BCUT2D eigenvalue weighted by Gasteiger charge is -2.39. The summed E-state index contributed by atoms with van der Waals surface area (Å²) in [5.74, 6) is 0. The van der Waals surface area contributed by atoms with E-state index in [-0.39, 0.29) is 0 Å². The van der Waals surface area contributed by atoms with Gasteiger partial charge in [-0.2, -0.15) is 0 Å². The SMILES string of the molecule is C/C=C/CN1CCN(C(c2ccccc2)c2ccc(Cl)cc2)CC1. The fourth-order valence-electron chi connectivity index (χ4n) is 3.35. The van der Waals surface area contributed by atoms with Crippen LogP contribution in [0.1, 0.15) is 24.1 Å². The van der Waals surface area contributed by atoms with Gasteiger partial charge in [-0.25, -0.2) is 0 Å². The van der Waals surface area contributed by atoms with E-state index in [4.69, 9.17) is 11.6 Å². The minimum absolute atomic E-state index is 0.298. The highest BCUT2D eigenvalue weighted by molar-refractivity contribution is 6.30. The first kappa shape index (κ1) is 17.2. The van der Waals surface area contributed by atoms with Crippen molar-refractivity contribution in [3.8, 4) is 0 Å². The molecule has 0 aliphatic carbocycles. The second kappa shape index (κ2) is 8.48. The first-order chi connectivity index (χ1) is 11.8. The van der Waals surface area contributed by atoms with Gasteiger partial charge in [-0.05, 0) is 30.2 Å². The van der Waals surface area contributed by atoms with Crippen LogP contribution in [-0.2, 0) is 0 Å². The van der Waals surface area contributed by atoms with E-state index in [1.165, 1.54) is 11.1 Å². The van der Waals surface area contributed by atoms with Gasteiger partial charge in [0, 0.05) is 37.7 Å². The Kier molecular flexibility index (Phi) is 6.08. The average molecular weight is 341 g/mol. The molecule has 0 saturated carbocycles. The van der Waals surface area contributed by atoms with Crippen molar-refractivity contribution in [2.75, 3.05) is 32.7 Å². The van der Waals surface area contributed by atoms with Crippen LogP contribution in [0, 0.1) is 0 Å². The number of allylic oxidation sites excluding steroid dienone is 1. The van der Waals surface area contributed by atoms with Gasteiger partial charge < -0.3 is 0 Å². The maximum absolute atomic E-state index is 6.09. The second-order valence-electron chi connectivity index (χ2n) is 6.27. The zero-order valence-electron chi connectivity index (χ0n) is 14.2. The molecule has 0 N–H and O–H groups in total. The van der Waals surface area contributed by atoms with Crippen LogP contribution in [0.25, 0.3) is 0 Å². The van der Waals surface area contributed by atoms with Crippen LogP contribution in [0.15, 0.2) is 66.7 Å². The summed E-state index contributed by atoms with van der Waals surface area (Å²) >= 11 is 6.09. The number of hydrogen-bond acceptors (Lipinski definition) is 2. The molecule has 0 aromatic heterocycles. The Balaban J connectivity index is 1.80. The standard InChI is InChI=1S/C21H25ClN2/c1-2-3-13-23-14-16-24(17-15-23)21(18-7-5-4-6-8-18)19-9-11-20(22)12-10-19/h2-12,21H,13-17H2,1H3/b3-2+. The quantitative estimate of drug-likeness (QED) is 0.732. The topological polar surface area (TPSA) is 6.48 Å². The van der Waals surface area contributed by atoms with Crippen LogP contribution < -0.4 is 0 Å². The molecule has 3 heteroatoms. The summed E-state index contributed by atoms with van der Waals surface area (Å²) in [6.45, 7) is 7.53. The average Bonchev–Trinajstić information content (AvgIpc) is 2.64. The molecule has 24 heavy (non-hydrogen) atoms. The van der Waals surface area contributed by atoms with Gasteiger partial charge in [0.15, 0.2) is 0 Å². The highest BCUT2D eigenvalue weighted by Gasteiger charge is 2.25. The Bertz CT molecular complexity index is 643. The summed E-state index contributed by atoms with van der Waals surface area (Å²) in [6, 6.07) is 19.4. The van der Waals surface area contributed by atoms with Gasteiger partial charge in [0.25, 0.3) is 0 Å². The van der Waals surface area contributed by atoms with Crippen molar-refractivity contribution in [2.24, 2.45) is 0 Å². The number of rotatable bonds is 5. The molecule has 1 saturated heterocycles. The summed E-state index contributed by atoms with van der Waals surface area (Å²) in [6.07, 6.45) is 4.37. The number of benzene rings is 2. The van der Waals surface area contributed by atoms with E-state index in [9.17, 15) is 0 Å². The van der Waals surface area contributed by atoms with Gasteiger partial charge in [-0.1, -0.05) is 66.2 Å². The minimum atomic E-state index is 0.298. The Morgan fingerprint density at radius 2 is 1.54 bits per heavy atom. The normalized spacial score (nSPS) is 18.1. The molecule has 0 radical (unpaired) electrons. The van der Waals surface area contributed by atoms with Crippen molar-refractivity contribution in [3.05, 3.63) is 82.9 Å². The molecule has 3 rings (SSSR count). The van der Waals surface area contributed by atoms with Crippen molar-refractivity contribution in [1.82, 2.24) is 9.80 Å². The summed E-state index contributed by atoms with van der Waals surface area (Å²) < 4.78 is 0. The number of hydrogen-bond donors (Lipinski definition) is 0. The van der Waals surface area contributed by atoms with E-state index in [0.29, 0.717) is 6.04 Å². The van der Waals surface area contributed by atoms with Crippen molar-refractivity contribution < 1.29 is 0 Å². The van der Waals surface area contributed by atoms with Gasteiger partial charge in [-0.3, -0.25) is 9.80 Å². The van der Waals surface area contributed by atoms with E-state index in [1.54, 1.807) is 0 Å². The second-order valence-corrected chi connectivity index (χ2v) is 6.71. The molecule has 126 valence electrons. The van der Waals surface area contributed by atoms with Crippen LogP contribution in [0.4, 0.5) is 0 Å². The molecule has 0 bridgehead atoms. The maximum atomic E-state index is 6.09. The van der Waals surface area contributed by atoms with Crippen LogP contribution in [0.3, 0.4) is 0 Å². The largest absolute Gasteiger partial charge is 0.297 e. The van der Waals surface area contributed by atoms with Crippen molar-refractivity contribution >= 4 is 11.6 Å². The van der Waals surface area contributed by atoms with Gasteiger partial charge in [0.2, 0.25) is 0 Å². The summed E-state index contributed by atoms with van der Waals surface area (Å²) in [5, 5.41) is 0.793. The molecule has 2 aromatic rings. The fraction of sp³-hybridized carbons (Fsp3) is 0.333. The number of halogens is 1. The number of piperazine rings is 1. The molecule has 1 aliphatic rings. The van der Waals surface area contributed by atoms with E-state index in [0.717, 1.165) is 37.7 Å². The lowest BCUT2D eigenvalue weighted by atomic mass is 9.96. The maximum Gasteiger partial charge on any atom is 0.0602 e. The van der Waals surface area contributed by atoms with Crippen molar-refractivity contribution in [1.29, 1.82) is 0 Å². The van der Waals surface area contributed by atoms with Crippen LogP contribution in [0.5, 0.6) is 0 Å². The van der Waals surface area contributed by atoms with Gasteiger partial charge in [0.1, 0.15) is 0 Å². The highest BCUT2D eigenvalue weighted by Crippen LogP contribution is 2.30. The van der Waals surface area contributed by atoms with Gasteiger partial charge in [-0.15, -0.1) is 0 Å². The van der Waals surface area contributed by atoms with Crippen LogP contribution in [0.2, 0.25) is 5.02 Å². The van der Waals surface area contributed by atoms with Crippen molar-refractivity contribution in [3.63, 3.8) is 0 Å². The lowest BCUT2D eigenvalue weighted by molar-refractivity contribution is 0.117. The first-order valence-corrected chi connectivity index (χ1v) is 9.03. The smallest absolute Gasteiger partial charge is 0.0602 e. The van der Waals surface area contributed by atoms with E-state index >= 15 is 0 Å². The molecular weight excluding hydrogens is 316 g/mol. The zero-order valence-corrected chi connectivity index (χ0v) is 15.0. The first-order valence-electron chi connectivity index (χ1n) is 8.66. The van der Waals surface area contributed by atoms with Crippen LogP contribution in [-0.4, -0.2) is 42.5 Å². The van der Waals surface area contributed by atoms with Crippen LogP contribution >= 0.6 is 11.6 Å².